The Bertz CT molecular complexity index is 881. The van der Waals surface area contributed by atoms with Gasteiger partial charge >= 0.3 is 0 Å². The van der Waals surface area contributed by atoms with E-state index in [1.54, 1.807) is 0 Å². The van der Waals surface area contributed by atoms with Crippen LogP contribution in [0.3, 0.4) is 0 Å². The Morgan fingerprint density at radius 3 is 2.56 bits per heavy atom. The second-order valence-corrected chi connectivity index (χ2v) is 7.22. The highest BCUT2D eigenvalue weighted by Gasteiger charge is 2.37. The number of anilines is 2. The number of carbonyl (C=O) groups excluding carboxylic acids is 2. The predicted octanol–water partition coefficient (Wildman–Crippen LogP) is 3.95. The first-order valence-electron chi connectivity index (χ1n) is 8.82. The molecule has 25 heavy (non-hydrogen) atoms. The van der Waals surface area contributed by atoms with Crippen LogP contribution in [0.5, 0.6) is 0 Å². The van der Waals surface area contributed by atoms with Crippen LogP contribution in [0.15, 0.2) is 30.3 Å². The van der Waals surface area contributed by atoms with E-state index in [0.29, 0.717) is 5.56 Å². The number of amides is 2. The molecule has 0 fully saturated rings. The molecule has 4 nitrogen and oxygen atoms in total. The highest BCUT2D eigenvalue weighted by Crippen LogP contribution is 2.44. The Morgan fingerprint density at radius 2 is 1.84 bits per heavy atom. The molecule has 2 aromatic carbocycles. The lowest BCUT2D eigenvalue weighted by Crippen LogP contribution is -2.32. The normalized spacial score (nSPS) is 18.3. The third-order valence-corrected chi connectivity index (χ3v) is 5.16. The summed E-state index contributed by atoms with van der Waals surface area (Å²) in [5.41, 5.74) is 6.87. The van der Waals surface area contributed by atoms with E-state index >= 15 is 0 Å². The fourth-order valence-electron chi connectivity index (χ4n) is 4.08. The maximum absolute atomic E-state index is 12.7. The standard InChI is InChI=1S/C21H22N2O2/c1-12-7-13(2)9-16(8-12)20(24)22-17-10-15-5-4-6-23-19(15)18(11-17)14(3)21(23)25/h7-11,14H,4-6H2,1-3H3,(H,22,24)/t14-/m0/s1. The summed E-state index contributed by atoms with van der Waals surface area (Å²) in [5.74, 6) is -0.0674. The Balaban J connectivity index is 1.69. The van der Waals surface area contributed by atoms with Gasteiger partial charge in [0.15, 0.2) is 0 Å². The van der Waals surface area contributed by atoms with Crippen molar-refractivity contribution >= 4 is 23.2 Å². The van der Waals surface area contributed by atoms with Crippen molar-refractivity contribution in [3.05, 3.63) is 58.1 Å². The molecule has 2 amide bonds. The summed E-state index contributed by atoms with van der Waals surface area (Å²) in [6.07, 6.45) is 1.92. The third kappa shape index (κ3) is 2.62. The molecule has 0 bridgehead atoms. The lowest BCUT2D eigenvalue weighted by atomic mass is 9.96. The number of hydrogen-bond acceptors (Lipinski definition) is 2. The van der Waals surface area contributed by atoms with E-state index in [1.165, 1.54) is 0 Å². The molecule has 2 aromatic rings. The fourth-order valence-corrected chi connectivity index (χ4v) is 4.08. The molecule has 0 aliphatic carbocycles. The van der Waals surface area contributed by atoms with E-state index < -0.39 is 0 Å². The van der Waals surface area contributed by atoms with Crippen LogP contribution in [0, 0.1) is 13.8 Å². The van der Waals surface area contributed by atoms with Crippen molar-refractivity contribution in [1.82, 2.24) is 0 Å². The molecule has 2 heterocycles. The van der Waals surface area contributed by atoms with Gasteiger partial charge in [0, 0.05) is 17.8 Å². The molecular weight excluding hydrogens is 312 g/mol. The zero-order valence-corrected chi connectivity index (χ0v) is 14.8. The van der Waals surface area contributed by atoms with E-state index in [2.05, 4.69) is 11.4 Å². The van der Waals surface area contributed by atoms with Crippen LogP contribution >= 0.6 is 0 Å². The molecular formula is C21H22N2O2. The minimum Gasteiger partial charge on any atom is -0.322 e. The quantitative estimate of drug-likeness (QED) is 0.904. The van der Waals surface area contributed by atoms with Gasteiger partial charge in [-0.2, -0.15) is 0 Å². The van der Waals surface area contributed by atoms with Crippen LogP contribution in [0.4, 0.5) is 11.4 Å². The van der Waals surface area contributed by atoms with Crippen LogP contribution in [0.25, 0.3) is 0 Å². The molecule has 0 saturated heterocycles. The maximum atomic E-state index is 12.7. The smallest absolute Gasteiger partial charge is 0.255 e. The number of benzene rings is 2. The summed E-state index contributed by atoms with van der Waals surface area (Å²) < 4.78 is 0. The fraction of sp³-hybridized carbons (Fsp3) is 0.333. The summed E-state index contributed by atoms with van der Waals surface area (Å²) in [7, 11) is 0. The number of nitrogens with zero attached hydrogens (tertiary/aromatic N) is 1. The Hall–Kier alpha value is -2.62. The monoisotopic (exact) mass is 334 g/mol. The molecule has 0 aromatic heterocycles. The summed E-state index contributed by atoms with van der Waals surface area (Å²) in [6.45, 7) is 6.74. The third-order valence-electron chi connectivity index (χ3n) is 5.16. The molecule has 128 valence electrons. The number of carbonyl (C=O) groups is 2. The van der Waals surface area contributed by atoms with Crippen molar-refractivity contribution in [3.8, 4) is 0 Å². The van der Waals surface area contributed by atoms with E-state index in [1.807, 2.05) is 49.9 Å². The molecule has 4 heteroatoms. The first kappa shape index (κ1) is 15.9. The molecule has 0 spiro atoms. The van der Waals surface area contributed by atoms with Crippen molar-refractivity contribution in [2.75, 3.05) is 16.8 Å². The largest absolute Gasteiger partial charge is 0.322 e. The first-order valence-corrected chi connectivity index (χ1v) is 8.82. The SMILES string of the molecule is Cc1cc(C)cc(C(=O)Nc2cc3c4c(c2)[C@H](C)C(=O)N4CCC3)c1. The summed E-state index contributed by atoms with van der Waals surface area (Å²) in [6, 6.07) is 9.84. The van der Waals surface area contributed by atoms with E-state index in [9.17, 15) is 9.59 Å². The summed E-state index contributed by atoms with van der Waals surface area (Å²) >= 11 is 0. The molecule has 4 rings (SSSR count). The number of aryl methyl sites for hydroxylation is 3. The molecule has 1 atom stereocenters. The Morgan fingerprint density at radius 1 is 1.12 bits per heavy atom. The zero-order chi connectivity index (χ0) is 17.7. The highest BCUT2D eigenvalue weighted by atomic mass is 16.2. The minimum absolute atomic E-state index is 0.108. The van der Waals surface area contributed by atoms with Gasteiger partial charge in [0.2, 0.25) is 5.91 Å². The number of hydrogen-bond donors (Lipinski definition) is 1. The van der Waals surface area contributed by atoms with Gasteiger partial charge in [0.25, 0.3) is 5.91 Å². The van der Waals surface area contributed by atoms with Gasteiger partial charge in [0.05, 0.1) is 11.6 Å². The van der Waals surface area contributed by atoms with Gasteiger partial charge in [-0.3, -0.25) is 9.59 Å². The van der Waals surface area contributed by atoms with Gasteiger partial charge in [-0.25, -0.2) is 0 Å². The van der Waals surface area contributed by atoms with Crippen LogP contribution in [-0.2, 0) is 11.2 Å². The van der Waals surface area contributed by atoms with Crippen molar-refractivity contribution in [1.29, 1.82) is 0 Å². The van der Waals surface area contributed by atoms with Gasteiger partial charge < -0.3 is 10.2 Å². The van der Waals surface area contributed by atoms with Crippen molar-refractivity contribution in [3.63, 3.8) is 0 Å². The van der Waals surface area contributed by atoms with Crippen LogP contribution < -0.4 is 10.2 Å². The topological polar surface area (TPSA) is 49.4 Å². The second-order valence-electron chi connectivity index (χ2n) is 7.22. The molecule has 0 saturated carbocycles. The highest BCUT2D eigenvalue weighted by molar-refractivity contribution is 6.08. The molecule has 2 aliphatic heterocycles. The number of nitrogens with one attached hydrogen (secondary N) is 1. The van der Waals surface area contributed by atoms with Crippen molar-refractivity contribution < 1.29 is 9.59 Å². The molecule has 0 radical (unpaired) electrons. The number of rotatable bonds is 2. The lowest BCUT2D eigenvalue weighted by molar-refractivity contribution is -0.119. The van der Waals surface area contributed by atoms with Crippen molar-refractivity contribution in [2.45, 2.75) is 39.5 Å². The molecule has 1 N–H and O–H groups in total. The minimum atomic E-state index is -0.134. The average molecular weight is 334 g/mol. The maximum Gasteiger partial charge on any atom is 0.255 e. The van der Waals surface area contributed by atoms with Gasteiger partial charge in [-0.05, 0) is 69.0 Å². The van der Waals surface area contributed by atoms with Gasteiger partial charge in [0.1, 0.15) is 0 Å². The second kappa shape index (κ2) is 5.73. The van der Waals surface area contributed by atoms with Crippen LogP contribution in [-0.4, -0.2) is 18.4 Å². The van der Waals surface area contributed by atoms with E-state index in [-0.39, 0.29) is 17.7 Å². The zero-order valence-electron chi connectivity index (χ0n) is 14.8. The van der Waals surface area contributed by atoms with Gasteiger partial charge in [-0.15, -0.1) is 0 Å². The van der Waals surface area contributed by atoms with E-state index in [0.717, 1.165) is 53.0 Å². The summed E-state index contributed by atoms with van der Waals surface area (Å²) in [5, 5.41) is 3.02. The Kier molecular flexibility index (Phi) is 3.64. The predicted molar refractivity (Wildman–Crippen MR) is 99.4 cm³/mol. The lowest BCUT2D eigenvalue weighted by Gasteiger charge is -2.26. The van der Waals surface area contributed by atoms with Gasteiger partial charge in [-0.1, -0.05) is 17.2 Å². The first-order chi connectivity index (χ1) is 11.9. The Labute approximate surface area is 147 Å². The van der Waals surface area contributed by atoms with Crippen LogP contribution in [0.2, 0.25) is 0 Å². The van der Waals surface area contributed by atoms with Crippen molar-refractivity contribution in [2.24, 2.45) is 0 Å². The summed E-state index contributed by atoms with van der Waals surface area (Å²) in [4.78, 5) is 27.0. The van der Waals surface area contributed by atoms with Crippen LogP contribution in [0.1, 0.15) is 51.9 Å². The molecule has 2 aliphatic rings. The molecule has 0 unspecified atom stereocenters. The van der Waals surface area contributed by atoms with E-state index in [4.69, 9.17) is 0 Å². The average Bonchev–Trinajstić information content (AvgIpc) is 2.81.